The zero-order valence-corrected chi connectivity index (χ0v) is 14.4. The second kappa shape index (κ2) is 7.93. The number of nitrogens with two attached hydrogens (primary N) is 1. The predicted molar refractivity (Wildman–Crippen MR) is 95.3 cm³/mol. The summed E-state index contributed by atoms with van der Waals surface area (Å²) in [4.78, 5) is 16.8. The van der Waals surface area contributed by atoms with Gasteiger partial charge in [0.15, 0.2) is 0 Å². The number of rotatable bonds is 6. The van der Waals surface area contributed by atoms with Crippen LogP contribution in [0.15, 0.2) is 42.5 Å². The number of nitrogen functional groups attached to an aromatic ring is 1. The average Bonchev–Trinajstić information content (AvgIpc) is 2.55. The Morgan fingerprint density at radius 2 is 1.79 bits per heavy atom. The fourth-order valence-corrected chi connectivity index (χ4v) is 2.47. The summed E-state index contributed by atoms with van der Waals surface area (Å²) in [6.07, 6.45) is 0. The Bertz CT molecular complexity index is 701. The SMILES string of the molecule is Cc1cc(F)c(N)cc1C(=O)N(CCN(C)C)Cc1ccccc1. The van der Waals surface area contributed by atoms with Crippen molar-refractivity contribution >= 4 is 11.6 Å². The molecule has 2 N–H and O–H groups in total. The summed E-state index contributed by atoms with van der Waals surface area (Å²) < 4.78 is 13.6. The number of likely N-dealkylation sites (N-methyl/N-ethyl adjacent to an activating group) is 1. The van der Waals surface area contributed by atoms with Crippen molar-refractivity contribution in [3.05, 3.63) is 65.0 Å². The van der Waals surface area contributed by atoms with E-state index in [1.165, 1.54) is 12.1 Å². The Kier molecular flexibility index (Phi) is 5.93. The molecule has 0 saturated heterocycles. The van der Waals surface area contributed by atoms with Crippen LogP contribution in [0.4, 0.5) is 10.1 Å². The number of halogens is 1. The molecule has 1 amide bonds. The molecule has 2 aromatic carbocycles. The molecular weight excluding hydrogens is 305 g/mol. The minimum absolute atomic E-state index is 0.00350. The minimum Gasteiger partial charge on any atom is -0.396 e. The highest BCUT2D eigenvalue weighted by molar-refractivity contribution is 5.96. The molecule has 0 unspecified atom stereocenters. The number of amides is 1. The van der Waals surface area contributed by atoms with E-state index < -0.39 is 5.82 Å². The van der Waals surface area contributed by atoms with Crippen LogP contribution in [-0.2, 0) is 6.54 Å². The third-order valence-electron chi connectivity index (χ3n) is 3.89. The number of anilines is 1. The maximum absolute atomic E-state index is 13.6. The maximum atomic E-state index is 13.6. The van der Waals surface area contributed by atoms with Crippen molar-refractivity contribution in [3.8, 4) is 0 Å². The molecule has 2 rings (SSSR count). The Labute approximate surface area is 142 Å². The summed E-state index contributed by atoms with van der Waals surface area (Å²) in [5, 5.41) is 0. The van der Waals surface area contributed by atoms with E-state index in [4.69, 9.17) is 5.73 Å². The van der Waals surface area contributed by atoms with E-state index in [-0.39, 0.29) is 11.6 Å². The molecule has 0 fully saturated rings. The third-order valence-corrected chi connectivity index (χ3v) is 3.89. The van der Waals surface area contributed by atoms with Gasteiger partial charge in [0, 0.05) is 25.2 Å². The van der Waals surface area contributed by atoms with Crippen LogP contribution in [0, 0.1) is 12.7 Å². The lowest BCUT2D eigenvalue weighted by molar-refractivity contribution is 0.0731. The van der Waals surface area contributed by atoms with Crippen LogP contribution in [0.3, 0.4) is 0 Å². The van der Waals surface area contributed by atoms with E-state index in [0.29, 0.717) is 24.2 Å². The van der Waals surface area contributed by atoms with E-state index >= 15 is 0 Å². The second-order valence-corrected chi connectivity index (χ2v) is 6.20. The molecule has 5 heteroatoms. The van der Waals surface area contributed by atoms with Crippen molar-refractivity contribution in [2.45, 2.75) is 13.5 Å². The normalized spacial score (nSPS) is 10.9. The first kappa shape index (κ1) is 17.9. The van der Waals surface area contributed by atoms with Crippen LogP contribution < -0.4 is 5.73 Å². The molecule has 0 spiro atoms. The van der Waals surface area contributed by atoms with Crippen molar-refractivity contribution in [2.75, 3.05) is 32.9 Å². The Morgan fingerprint density at radius 1 is 1.12 bits per heavy atom. The van der Waals surface area contributed by atoms with Gasteiger partial charge in [-0.1, -0.05) is 30.3 Å². The molecule has 0 aliphatic carbocycles. The summed E-state index contributed by atoms with van der Waals surface area (Å²) in [5.41, 5.74) is 7.74. The highest BCUT2D eigenvalue weighted by atomic mass is 19.1. The lowest BCUT2D eigenvalue weighted by atomic mass is 10.1. The highest BCUT2D eigenvalue weighted by Crippen LogP contribution is 2.20. The molecule has 24 heavy (non-hydrogen) atoms. The smallest absolute Gasteiger partial charge is 0.254 e. The Hall–Kier alpha value is -2.40. The molecule has 0 aromatic heterocycles. The quantitative estimate of drug-likeness (QED) is 0.829. The van der Waals surface area contributed by atoms with Crippen LogP contribution in [0.5, 0.6) is 0 Å². The van der Waals surface area contributed by atoms with Gasteiger partial charge in [0.2, 0.25) is 0 Å². The van der Waals surface area contributed by atoms with Gasteiger partial charge < -0.3 is 15.5 Å². The standard InChI is InChI=1S/C19H24FN3O/c1-14-11-17(20)18(21)12-16(14)19(24)23(10-9-22(2)3)13-15-7-5-4-6-8-15/h4-8,11-12H,9-10,13,21H2,1-3H3. The van der Waals surface area contributed by atoms with E-state index in [0.717, 1.165) is 12.1 Å². The summed E-state index contributed by atoms with van der Waals surface area (Å²) in [5.74, 6) is -0.628. The molecule has 4 nitrogen and oxygen atoms in total. The summed E-state index contributed by atoms with van der Waals surface area (Å²) in [6, 6.07) is 12.6. The van der Waals surface area contributed by atoms with Crippen LogP contribution in [0.2, 0.25) is 0 Å². The molecule has 2 aromatic rings. The van der Waals surface area contributed by atoms with Gasteiger partial charge >= 0.3 is 0 Å². The molecule has 0 heterocycles. The predicted octanol–water partition coefficient (Wildman–Crippen LogP) is 2.92. The first-order valence-electron chi connectivity index (χ1n) is 7.92. The average molecular weight is 329 g/mol. The number of benzene rings is 2. The number of hydrogen-bond acceptors (Lipinski definition) is 3. The summed E-state index contributed by atoms with van der Waals surface area (Å²) >= 11 is 0. The molecule has 0 aliphatic rings. The number of aryl methyl sites for hydroxylation is 1. The maximum Gasteiger partial charge on any atom is 0.254 e. The number of carbonyl (C=O) groups is 1. The largest absolute Gasteiger partial charge is 0.396 e. The zero-order valence-electron chi connectivity index (χ0n) is 14.4. The molecule has 128 valence electrons. The van der Waals surface area contributed by atoms with Gasteiger partial charge in [-0.2, -0.15) is 0 Å². The molecular formula is C19H24FN3O. The summed E-state index contributed by atoms with van der Waals surface area (Å²) in [7, 11) is 3.93. The Morgan fingerprint density at radius 3 is 2.42 bits per heavy atom. The molecule has 0 atom stereocenters. The van der Waals surface area contributed by atoms with E-state index in [1.807, 2.05) is 49.3 Å². The number of carbonyl (C=O) groups excluding carboxylic acids is 1. The number of hydrogen-bond donors (Lipinski definition) is 1. The van der Waals surface area contributed by atoms with Gasteiger partial charge in [-0.25, -0.2) is 4.39 Å². The lowest BCUT2D eigenvalue weighted by Crippen LogP contribution is -2.36. The first-order valence-corrected chi connectivity index (χ1v) is 7.92. The Balaban J connectivity index is 2.28. The first-order chi connectivity index (χ1) is 11.4. The van der Waals surface area contributed by atoms with Crippen molar-refractivity contribution < 1.29 is 9.18 Å². The van der Waals surface area contributed by atoms with Gasteiger partial charge in [-0.3, -0.25) is 4.79 Å². The molecule has 0 bridgehead atoms. The summed E-state index contributed by atoms with van der Waals surface area (Å²) in [6.45, 7) is 3.55. The topological polar surface area (TPSA) is 49.6 Å². The van der Waals surface area contributed by atoms with Crippen LogP contribution in [0.25, 0.3) is 0 Å². The van der Waals surface area contributed by atoms with Crippen molar-refractivity contribution in [3.63, 3.8) is 0 Å². The zero-order chi connectivity index (χ0) is 17.7. The van der Waals surface area contributed by atoms with Crippen molar-refractivity contribution in [1.82, 2.24) is 9.80 Å². The highest BCUT2D eigenvalue weighted by Gasteiger charge is 2.19. The molecule has 0 radical (unpaired) electrons. The van der Waals surface area contributed by atoms with Gasteiger partial charge in [0.05, 0.1) is 5.69 Å². The van der Waals surface area contributed by atoms with E-state index in [2.05, 4.69) is 0 Å². The minimum atomic E-state index is -0.494. The second-order valence-electron chi connectivity index (χ2n) is 6.20. The van der Waals surface area contributed by atoms with E-state index in [1.54, 1.807) is 11.8 Å². The van der Waals surface area contributed by atoms with Crippen LogP contribution in [0.1, 0.15) is 21.5 Å². The van der Waals surface area contributed by atoms with Crippen molar-refractivity contribution in [1.29, 1.82) is 0 Å². The lowest BCUT2D eigenvalue weighted by Gasteiger charge is -2.25. The van der Waals surface area contributed by atoms with Gasteiger partial charge in [-0.15, -0.1) is 0 Å². The van der Waals surface area contributed by atoms with E-state index in [9.17, 15) is 9.18 Å². The fourth-order valence-electron chi connectivity index (χ4n) is 2.47. The third kappa shape index (κ3) is 4.55. The molecule has 0 aliphatic heterocycles. The van der Waals surface area contributed by atoms with Gasteiger partial charge in [0.1, 0.15) is 5.82 Å². The van der Waals surface area contributed by atoms with Gasteiger partial charge in [0.25, 0.3) is 5.91 Å². The molecule has 0 saturated carbocycles. The van der Waals surface area contributed by atoms with Crippen LogP contribution in [-0.4, -0.2) is 42.9 Å². The van der Waals surface area contributed by atoms with Crippen LogP contribution >= 0.6 is 0 Å². The fraction of sp³-hybridized carbons (Fsp3) is 0.316. The monoisotopic (exact) mass is 329 g/mol. The van der Waals surface area contributed by atoms with Gasteiger partial charge in [-0.05, 0) is 44.3 Å². The number of nitrogens with zero attached hydrogens (tertiary/aromatic N) is 2. The van der Waals surface area contributed by atoms with Crippen molar-refractivity contribution in [2.24, 2.45) is 0 Å².